The molecule has 1 amide bonds. The molecule has 1 aromatic carbocycles. The van der Waals surface area contributed by atoms with Crippen molar-refractivity contribution in [3.8, 4) is 5.75 Å². The fraction of sp³-hybridized carbons (Fsp3) is 0.600. The molecule has 5 rings (SSSR count). The molecule has 4 fully saturated rings. The van der Waals surface area contributed by atoms with Gasteiger partial charge < -0.3 is 14.8 Å². The van der Waals surface area contributed by atoms with E-state index in [1.54, 1.807) is 12.1 Å². The Kier molecular flexibility index (Phi) is 4.49. The highest BCUT2D eigenvalue weighted by atomic mass is 79.9. The molecule has 6 heteroatoms. The number of alkyl halides is 1. The highest BCUT2D eigenvalue weighted by molar-refractivity contribution is 9.10. The Labute approximate surface area is 161 Å². The Morgan fingerprint density at radius 2 is 1.81 bits per heavy atom. The minimum Gasteiger partial charge on any atom is -0.482 e. The van der Waals surface area contributed by atoms with Gasteiger partial charge in [-0.2, -0.15) is 0 Å². The molecule has 0 radical (unpaired) electrons. The van der Waals surface area contributed by atoms with Gasteiger partial charge in [0, 0.05) is 10.0 Å². The van der Waals surface area contributed by atoms with Crippen molar-refractivity contribution in [2.24, 2.45) is 17.3 Å². The number of carbonyl (C=O) groups is 2. The first-order valence-electron chi connectivity index (χ1n) is 9.20. The Morgan fingerprint density at radius 3 is 2.38 bits per heavy atom. The first kappa shape index (κ1) is 17.8. The number of anilines is 1. The van der Waals surface area contributed by atoms with Crippen molar-refractivity contribution < 1.29 is 19.1 Å². The summed E-state index contributed by atoms with van der Waals surface area (Å²) in [5.41, 5.74) is 0.535. The molecule has 1 N–H and O–H groups in total. The van der Waals surface area contributed by atoms with Gasteiger partial charge in [0.15, 0.2) is 6.61 Å². The number of hydrogen-bond donors (Lipinski definition) is 1. The average Bonchev–Trinajstić information content (AvgIpc) is 2.58. The van der Waals surface area contributed by atoms with Crippen LogP contribution < -0.4 is 10.1 Å². The molecule has 140 valence electrons. The fourth-order valence-corrected chi connectivity index (χ4v) is 6.97. The van der Waals surface area contributed by atoms with E-state index in [9.17, 15) is 9.59 Å². The summed E-state index contributed by atoms with van der Waals surface area (Å²) < 4.78 is 10.1. The molecule has 4 saturated carbocycles. The van der Waals surface area contributed by atoms with Crippen molar-refractivity contribution in [3.05, 3.63) is 24.3 Å². The molecular weight excluding hydrogens is 398 g/mol. The molecule has 26 heavy (non-hydrogen) atoms. The van der Waals surface area contributed by atoms with Crippen LogP contribution in [0.4, 0.5) is 5.69 Å². The fourth-order valence-electron chi connectivity index (χ4n) is 5.52. The normalized spacial score (nSPS) is 34.4. The molecule has 5 nitrogen and oxygen atoms in total. The van der Waals surface area contributed by atoms with E-state index in [1.165, 1.54) is 26.4 Å². The van der Waals surface area contributed by atoms with Crippen molar-refractivity contribution in [2.75, 3.05) is 19.0 Å². The van der Waals surface area contributed by atoms with E-state index in [1.807, 2.05) is 12.1 Å². The summed E-state index contributed by atoms with van der Waals surface area (Å²) >= 11 is 3.96. The van der Waals surface area contributed by atoms with Crippen molar-refractivity contribution in [1.29, 1.82) is 0 Å². The van der Waals surface area contributed by atoms with Gasteiger partial charge >= 0.3 is 5.97 Å². The Hall–Kier alpha value is -1.56. The Morgan fingerprint density at radius 1 is 1.15 bits per heavy atom. The van der Waals surface area contributed by atoms with Crippen LogP contribution in [0.1, 0.15) is 38.5 Å². The van der Waals surface area contributed by atoms with Gasteiger partial charge in [0.05, 0.1) is 12.5 Å². The van der Waals surface area contributed by atoms with E-state index in [2.05, 4.69) is 26.0 Å². The quantitative estimate of drug-likeness (QED) is 0.577. The number of rotatable bonds is 5. The summed E-state index contributed by atoms with van der Waals surface area (Å²) in [6, 6.07) is 7.14. The van der Waals surface area contributed by atoms with Crippen molar-refractivity contribution in [3.63, 3.8) is 0 Å². The number of ether oxygens (including phenoxy) is 2. The van der Waals surface area contributed by atoms with Crippen LogP contribution in [0.5, 0.6) is 5.75 Å². The predicted octanol–water partition coefficient (Wildman–Crippen LogP) is 3.91. The average molecular weight is 422 g/mol. The van der Waals surface area contributed by atoms with E-state index in [4.69, 9.17) is 4.74 Å². The molecule has 0 aromatic heterocycles. The minimum absolute atomic E-state index is 0.124. The van der Waals surface area contributed by atoms with E-state index in [-0.39, 0.29) is 22.3 Å². The molecule has 0 heterocycles. The lowest BCUT2D eigenvalue weighted by Crippen LogP contribution is -2.57. The molecule has 0 saturated heterocycles. The first-order valence-corrected chi connectivity index (χ1v) is 9.99. The number of esters is 1. The van der Waals surface area contributed by atoms with Gasteiger partial charge in [0.2, 0.25) is 5.91 Å². The number of amides is 1. The lowest BCUT2D eigenvalue weighted by atomic mass is 9.49. The van der Waals surface area contributed by atoms with Crippen LogP contribution in [0.15, 0.2) is 24.3 Å². The van der Waals surface area contributed by atoms with Gasteiger partial charge in [-0.15, -0.1) is 0 Å². The number of carbonyl (C=O) groups excluding carboxylic acids is 2. The summed E-state index contributed by atoms with van der Waals surface area (Å²) in [5.74, 6) is 1.65. The monoisotopic (exact) mass is 421 g/mol. The summed E-state index contributed by atoms with van der Waals surface area (Å²) in [7, 11) is 1.33. The van der Waals surface area contributed by atoms with Crippen LogP contribution in [-0.4, -0.2) is 29.9 Å². The van der Waals surface area contributed by atoms with Crippen LogP contribution in [0.2, 0.25) is 0 Å². The highest BCUT2D eigenvalue weighted by Gasteiger charge is 2.59. The maximum atomic E-state index is 13.1. The molecular formula is C20H24BrNO4. The van der Waals surface area contributed by atoms with E-state index in [0.717, 1.165) is 24.9 Å². The lowest BCUT2D eigenvalue weighted by Gasteiger charge is -2.59. The summed E-state index contributed by atoms with van der Waals surface area (Å²) in [4.78, 5) is 24.2. The minimum atomic E-state index is -0.423. The van der Waals surface area contributed by atoms with Crippen LogP contribution in [-0.2, 0) is 14.3 Å². The third kappa shape index (κ3) is 3.36. The van der Waals surface area contributed by atoms with Crippen LogP contribution in [0.3, 0.4) is 0 Å². The van der Waals surface area contributed by atoms with Gasteiger partial charge in [0.1, 0.15) is 5.75 Å². The Bertz CT molecular complexity index is 703. The molecule has 4 aliphatic rings. The molecule has 2 atom stereocenters. The third-order valence-electron chi connectivity index (χ3n) is 6.17. The second kappa shape index (κ2) is 6.55. The summed E-state index contributed by atoms with van der Waals surface area (Å²) in [5, 5.41) is 3.11. The number of benzene rings is 1. The summed E-state index contributed by atoms with van der Waals surface area (Å²) in [6.07, 6.45) is 6.69. The van der Waals surface area contributed by atoms with Gasteiger partial charge in [-0.3, -0.25) is 4.79 Å². The largest absolute Gasteiger partial charge is 0.482 e. The van der Waals surface area contributed by atoms with Gasteiger partial charge in [-0.05, 0) is 74.6 Å². The Balaban J connectivity index is 1.41. The topological polar surface area (TPSA) is 64.6 Å². The van der Waals surface area contributed by atoms with Gasteiger partial charge in [-0.25, -0.2) is 4.79 Å². The number of nitrogens with one attached hydrogen (secondary N) is 1. The number of methoxy groups -OCH3 is 1. The maximum absolute atomic E-state index is 13.1. The van der Waals surface area contributed by atoms with Crippen LogP contribution in [0, 0.1) is 17.3 Å². The van der Waals surface area contributed by atoms with Crippen molar-refractivity contribution in [1.82, 2.24) is 0 Å². The molecule has 1 aromatic rings. The maximum Gasteiger partial charge on any atom is 0.343 e. The molecule has 2 unspecified atom stereocenters. The molecule has 4 aliphatic carbocycles. The van der Waals surface area contributed by atoms with Crippen LogP contribution >= 0.6 is 15.9 Å². The van der Waals surface area contributed by atoms with Crippen molar-refractivity contribution >= 4 is 33.5 Å². The standard InChI is InChI=1S/C20H24BrNO4/c1-25-17(23)11-26-16-4-2-15(3-5-16)22-18(24)19-7-13-6-14(8-19)10-20(21,9-13)12-19/h2-5,13-14H,6-12H2,1H3,(H,22,24). The van der Waals surface area contributed by atoms with Gasteiger partial charge in [-0.1, -0.05) is 15.9 Å². The van der Waals surface area contributed by atoms with E-state index >= 15 is 0 Å². The highest BCUT2D eigenvalue weighted by Crippen LogP contribution is 2.64. The van der Waals surface area contributed by atoms with Crippen LogP contribution in [0.25, 0.3) is 0 Å². The van der Waals surface area contributed by atoms with E-state index < -0.39 is 5.97 Å². The zero-order valence-corrected chi connectivity index (χ0v) is 16.5. The smallest absolute Gasteiger partial charge is 0.343 e. The van der Waals surface area contributed by atoms with Crippen molar-refractivity contribution in [2.45, 2.75) is 42.8 Å². The zero-order valence-electron chi connectivity index (χ0n) is 14.9. The first-order chi connectivity index (χ1) is 12.4. The number of hydrogen-bond acceptors (Lipinski definition) is 4. The second-order valence-electron chi connectivity index (χ2n) is 8.24. The molecule has 4 bridgehead atoms. The lowest BCUT2D eigenvalue weighted by molar-refractivity contribution is -0.143. The van der Waals surface area contributed by atoms with E-state index in [0.29, 0.717) is 17.6 Å². The predicted molar refractivity (Wildman–Crippen MR) is 101 cm³/mol. The summed E-state index contributed by atoms with van der Waals surface area (Å²) in [6.45, 7) is -0.124. The molecule has 0 spiro atoms. The SMILES string of the molecule is COC(=O)COc1ccc(NC(=O)C23CC4CC(CC(Br)(C4)C2)C3)cc1. The number of halogens is 1. The second-order valence-corrected chi connectivity index (χ2v) is 9.92. The molecule has 0 aliphatic heterocycles. The van der Waals surface area contributed by atoms with Gasteiger partial charge in [0.25, 0.3) is 0 Å². The zero-order chi connectivity index (χ0) is 18.4. The third-order valence-corrected chi connectivity index (χ3v) is 7.10.